The average Bonchev–Trinajstić information content (AvgIpc) is 2.95. The van der Waals surface area contributed by atoms with E-state index in [1.165, 1.54) is 0 Å². The van der Waals surface area contributed by atoms with Gasteiger partial charge < -0.3 is 14.4 Å². The number of hydrogen-bond acceptors (Lipinski definition) is 4. The maximum absolute atomic E-state index is 12.3. The molecule has 1 unspecified atom stereocenters. The van der Waals surface area contributed by atoms with Gasteiger partial charge in [-0.3, -0.25) is 4.79 Å². The van der Waals surface area contributed by atoms with Crippen molar-refractivity contribution in [1.29, 1.82) is 0 Å². The Morgan fingerprint density at radius 3 is 2.74 bits per heavy atom. The van der Waals surface area contributed by atoms with Crippen LogP contribution in [0.5, 0.6) is 0 Å². The Kier molecular flexibility index (Phi) is 3.21. The van der Waals surface area contributed by atoms with Crippen LogP contribution in [0.4, 0.5) is 13.2 Å². The number of nitrogens with zero attached hydrogens (tertiary/aromatic N) is 2. The van der Waals surface area contributed by atoms with Crippen LogP contribution in [0.25, 0.3) is 0 Å². The Hall–Kier alpha value is -2.06. The van der Waals surface area contributed by atoms with Gasteiger partial charge in [-0.25, -0.2) is 9.78 Å². The molecular formula is C10H9F3N2O4. The molecule has 2 heterocycles. The van der Waals surface area contributed by atoms with E-state index >= 15 is 0 Å². The van der Waals surface area contributed by atoms with E-state index in [1.54, 1.807) is 0 Å². The smallest absolute Gasteiger partial charge is 0.471 e. The maximum atomic E-state index is 12.3. The number of hydrogen-bond donors (Lipinski definition) is 1. The normalized spacial score (nSPS) is 19.7. The number of halogens is 3. The first-order chi connectivity index (χ1) is 8.80. The van der Waals surface area contributed by atoms with Gasteiger partial charge in [-0.2, -0.15) is 13.2 Å². The second-order valence-electron chi connectivity index (χ2n) is 4.10. The molecule has 1 aromatic heterocycles. The summed E-state index contributed by atoms with van der Waals surface area (Å²) in [5, 5.41) is 8.84. The monoisotopic (exact) mass is 278 g/mol. The highest BCUT2D eigenvalue weighted by Gasteiger charge is 2.45. The van der Waals surface area contributed by atoms with Gasteiger partial charge in [0, 0.05) is 19.0 Å². The number of aromatic carboxylic acids is 1. The van der Waals surface area contributed by atoms with Crippen LogP contribution < -0.4 is 0 Å². The lowest BCUT2D eigenvalue weighted by atomic mass is 10.0. The summed E-state index contributed by atoms with van der Waals surface area (Å²) in [6.07, 6.45) is -3.80. The van der Waals surface area contributed by atoms with Crippen molar-refractivity contribution in [1.82, 2.24) is 9.88 Å². The molecule has 0 radical (unpaired) electrons. The first kappa shape index (κ1) is 13.4. The molecule has 1 N–H and O–H groups in total. The molecule has 1 aliphatic heterocycles. The van der Waals surface area contributed by atoms with Crippen LogP contribution in [0.15, 0.2) is 10.8 Å². The van der Waals surface area contributed by atoms with E-state index in [4.69, 9.17) is 9.52 Å². The van der Waals surface area contributed by atoms with Crippen molar-refractivity contribution < 1.29 is 32.3 Å². The van der Waals surface area contributed by atoms with Crippen LogP contribution in [0.1, 0.15) is 28.6 Å². The number of carboxylic acid groups (broad SMARTS) is 1. The van der Waals surface area contributed by atoms with Gasteiger partial charge in [-0.05, 0) is 6.42 Å². The van der Waals surface area contributed by atoms with Gasteiger partial charge in [-0.1, -0.05) is 0 Å². The molecule has 1 atom stereocenters. The summed E-state index contributed by atoms with van der Waals surface area (Å²) in [5.74, 6) is -3.82. The van der Waals surface area contributed by atoms with E-state index in [0.717, 1.165) is 6.39 Å². The van der Waals surface area contributed by atoms with E-state index < -0.39 is 24.0 Å². The van der Waals surface area contributed by atoms with Crippen molar-refractivity contribution in [2.45, 2.75) is 18.5 Å². The second kappa shape index (κ2) is 4.56. The Morgan fingerprint density at radius 2 is 2.16 bits per heavy atom. The predicted molar refractivity (Wildman–Crippen MR) is 53.5 cm³/mol. The Bertz CT molecular complexity index is 511. The van der Waals surface area contributed by atoms with Gasteiger partial charge in [0.05, 0.1) is 0 Å². The Balaban J connectivity index is 2.12. The van der Waals surface area contributed by atoms with E-state index in [9.17, 15) is 22.8 Å². The van der Waals surface area contributed by atoms with Crippen molar-refractivity contribution in [3.63, 3.8) is 0 Å². The van der Waals surface area contributed by atoms with Crippen molar-refractivity contribution in [2.24, 2.45) is 0 Å². The highest BCUT2D eigenvalue weighted by Crippen LogP contribution is 2.31. The summed E-state index contributed by atoms with van der Waals surface area (Å²) in [4.78, 5) is 26.0. The fourth-order valence-corrected chi connectivity index (χ4v) is 2.04. The Morgan fingerprint density at radius 1 is 1.47 bits per heavy atom. The minimum atomic E-state index is -4.92. The number of carboxylic acids is 1. The molecule has 0 spiro atoms. The number of rotatable bonds is 2. The van der Waals surface area contributed by atoms with Gasteiger partial charge in [0.1, 0.15) is 5.76 Å². The highest BCUT2D eigenvalue weighted by atomic mass is 19.4. The maximum Gasteiger partial charge on any atom is 0.471 e. The molecule has 104 valence electrons. The van der Waals surface area contributed by atoms with Crippen molar-refractivity contribution in [3.8, 4) is 0 Å². The molecule has 1 amide bonds. The summed E-state index contributed by atoms with van der Waals surface area (Å²) >= 11 is 0. The van der Waals surface area contributed by atoms with Crippen molar-refractivity contribution in [3.05, 3.63) is 17.8 Å². The number of alkyl halides is 3. The van der Waals surface area contributed by atoms with Gasteiger partial charge in [0.15, 0.2) is 12.1 Å². The van der Waals surface area contributed by atoms with Crippen LogP contribution in [-0.4, -0.2) is 46.1 Å². The van der Waals surface area contributed by atoms with Crippen LogP contribution >= 0.6 is 0 Å². The third-order valence-corrected chi connectivity index (χ3v) is 2.89. The molecule has 1 aromatic rings. The lowest BCUT2D eigenvalue weighted by Gasteiger charge is -2.17. The molecule has 0 bridgehead atoms. The number of likely N-dealkylation sites (tertiary alicyclic amines) is 1. The predicted octanol–water partition coefficient (Wildman–Crippen LogP) is 1.25. The molecule has 1 saturated heterocycles. The molecule has 6 nitrogen and oxygen atoms in total. The lowest BCUT2D eigenvalue weighted by molar-refractivity contribution is -0.184. The standard InChI is InChI=1S/C10H9F3N2O4/c11-10(12,13)9(18)15-2-1-5(3-15)7-6(8(16)17)14-4-19-7/h4-5H,1-3H2,(H,16,17). The highest BCUT2D eigenvalue weighted by molar-refractivity contribution is 5.86. The van der Waals surface area contributed by atoms with E-state index in [-0.39, 0.29) is 31.0 Å². The Labute approximate surface area is 104 Å². The second-order valence-corrected chi connectivity index (χ2v) is 4.10. The first-order valence-corrected chi connectivity index (χ1v) is 5.33. The number of amides is 1. The fourth-order valence-electron chi connectivity index (χ4n) is 2.04. The number of carbonyl (C=O) groups excluding carboxylic acids is 1. The molecule has 19 heavy (non-hydrogen) atoms. The van der Waals surface area contributed by atoms with Crippen LogP contribution in [-0.2, 0) is 4.79 Å². The molecule has 9 heteroatoms. The quantitative estimate of drug-likeness (QED) is 0.880. The zero-order valence-corrected chi connectivity index (χ0v) is 9.48. The molecular weight excluding hydrogens is 269 g/mol. The van der Waals surface area contributed by atoms with Crippen LogP contribution in [0.2, 0.25) is 0 Å². The average molecular weight is 278 g/mol. The van der Waals surface area contributed by atoms with Crippen LogP contribution in [0, 0.1) is 0 Å². The van der Waals surface area contributed by atoms with E-state index in [2.05, 4.69) is 4.98 Å². The summed E-state index contributed by atoms with van der Waals surface area (Å²) in [7, 11) is 0. The lowest BCUT2D eigenvalue weighted by Crippen LogP contribution is -2.39. The number of oxazole rings is 1. The molecule has 0 saturated carbocycles. The topological polar surface area (TPSA) is 83.6 Å². The van der Waals surface area contributed by atoms with E-state index in [0.29, 0.717) is 4.90 Å². The summed E-state index contributed by atoms with van der Waals surface area (Å²) < 4.78 is 41.7. The molecule has 0 aromatic carbocycles. The molecule has 0 aliphatic carbocycles. The third kappa shape index (κ3) is 2.54. The van der Waals surface area contributed by atoms with Crippen molar-refractivity contribution in [2.75, 3.05) is 13.1 Å². The summed E-state index contributed by atoms with van der Waals surface area (Å²) in [5.41, 5.74) is -0.327. The minimum absolute atomic E-state index is 0.00461. The molecule has 1 fully saturated rings. The summed E-state index contributed by atoms with van der Waals surface area (Å²) in [6, 6.07) is 0. The zero-order chi connectivity index (χ0) is 14.2. The minimum Gasteiger partial charge on any atom is -0.476 e. The van der Waals surface area contributed by atoms with Gasteiger partial charge in [0.2, 0.25) is 0 Å². The van der Waals surface area contributed by atoms with Gasteiger partial charge in [0.25, 0.3) is 0 Å². The number of aromatic nitrogens is 1. The molecule has 2 rings (SSSR count). The zero-order valence-electron chi connectivity index (χ0n) is 9.48. The van der Waals surface area contributed by atoms with Crippen molar-refractivity contribution >= 4 is 11.9 Å². The van der Waals surface area contributed by atoms with Gasteiger partial charge in [-0.15, -0.1) is 0 Å². The first-order valence-electron chi connectivity index (χ1n) is 5.33. The van der Waals surface area contributed by atoms with E-state index in [1.807, 2.05) is 0 Å². The van der Waals surface area contributed by atoms with Gasteiger partial charge >= 0.3 is 18.1 Å². The fraction of sp³-hybridized carbons (Fsp3) is 0.500. The SMILES string of the molecule is O=C(O)c1ncoc1C1CCN(C(=O)C(F)(F)F)C1. The summed E-state index contributed by atoms with van der Waals surface area (Å²) in [6.45, 7) is -0.323. The molecule has 1 aliphatic rings. The van der Waals surface area contributed by atoms with Crippen LogP contribution in [0.3, 0.4) is 0 Å². The third-order valence-electron chi connectivity index (χ3n) is 2.89. The largest absolute Gasteiger partial charge is 0.476 e. The number of carbonyl (C=O) groups is 2.